The Morgan fingerprint density at radius 2 is 1.87 bits per heavy atom. The monoisotopic (exact) mass is 432 g/mol. The number of nitrogens with zero attached hydrogens (tertiary/aromatic N) is 2. The summed E-state index contributed by atoms with van der Waals surface area (Å²) in [5.74, 6) is -1.75. The largest absolute Gasteiger partial charge is 0.391 e. The number of amides is 1. The summed E-state index contributed by atoms with van der Waals surface area (Å²) in [6, 6.07) is 1.89. The van der Waals surface area contributed by atoms with Crippen molar-refractivity contribution in [3.8, 4) is 6.07 Å². The van der Waals surface area contributed by atoms with Crippen molar-refractivity contribution in [3.63, 3.8) is 0 Å². The smallest absolute Gasteiger partial charge is 0.329 e. The summed E-state index contributed by atoms with van der Waals surface area (Å²) in [6.07, 6.45) is 8.82. The molecule has 1 unspecified atom stereocenters. The second-order valence-electron chi connectivity index (χ2n) is 7.59. The van der Waals surface area contributed by atoms with Crippen LogP contribution in [0.1, 0.15) is 46.5 Å². The summed E-state index contributed by atoms with van der Waals surface area (Å²) >= 11 is 0. The predicted molar refractivity (Wildman–Crippen MR) is 119 cm³/mol. The molecule has 168 valence electrons. The van der Waals surface area contributed by atoms with Gasteiger partial charge in [0.15, 0.2) is 0 Å². The number of halogens is 3. The highest BCUT2D eigenvalue weighted by molar-refractivity contribution is 5.97. The Labute approximate surface area is 183 Å². The number of hydrogen-bond donors (Lipinski definition) is 0. The van der Waals surface area contributed by atoms with Gasteiger partial charge in [0.1, 0.15) is 0 Å². The van der Waals surface area contributed by atoms with Crippen molar-refractivity contribution in [3.05, 3.63) is 72.4 Å². The van der Waals surface area contributed by atoms with Crippen LogP contribution in [0.5, 0.6) is 0 Å². The minimum Gasteiger partial charge on any atom is -0.329 e. The zero-order valence-electron chi connectivity index (χ0n) is 18.5. The molecular formula is C25H31F3N2O. The van der Waals surface area contributed by atoms with Gasteiger partial charge in [-0.3, -0.25) is 4.79 Å². The standard InChI is InChI=1S/C25H31F3N2O/c1-6-10-22(12-9-11-18(4)25(26,27)28)24(31)30(23-15-16-23)19(5)21(8-3)14-13-20(7-2)17-29/h6,8-10,12-14,18-19,23H,1,3,7,11,15-16H2,2,4-5H3/b12-9-,20-13+,21-14+,22-10+/t18?,19-/m0/s1. The van der Waals surface area contributed by atoms with E-state index < -0.39 is 12.1 Å². The minimum atomic E-state index is -4.27. The van der Waals surface area contributed by atoms with Crippen molar-refractivity contribution in [2.75, 3.05) is 0 Å². The zero-order valence-corrected chi connectivity index (χ0v) is 18.5. The molecule has 0 aromatic carbocycles. The number of rotatable bonds is 11. The molecule has 3 nitrogen and oxygen atoms in total. The van der Waals surface area contributed by atoms with E-state index in [1.54, 1.807) is 23.1 Å². The fraction of sp³-hybridized carbons (Fsp3) is 0.440. The molecule has 0 bridgehead atoms. The van der Waals surface area contributed by atoms with E-state index in [2.05, 4.69) is 19.2 Å². The second kappa shape index (κ2) is 12.1. The maximum absolute atomic E-state index is 13.3. The number of allylic oxidation sites excluding steroid dienone is 6. The van der Waals surface area contributed by atoms with Crippen molar-refractivity contribution >= 4 is 5.91 Å². The van der Waals surface area contributed by atoms with Gasteiger partial charge in [0.25, 0.3) is 5.91 Å². The third kappa shape index (κ3) is 8.09. The highest BCUT2D eigenvalue weighted by atomic mass is 19.4. The molecule has 0 N–H and O–H groups in total. The zero-order chi connectivity index (χ0) is 23.6. The average Bonchev–Trinajstić information content (AvgIpc) is 3.54. The van der Waals surface area contributed by atoms with Gasteiger partial charge in [-0.1, -0.05) is 63.5 Å². The van der Waals surface area contributed by atoms with Gasteiger partial charge in [0.05, 0.1) is 18.0 Å². The Morgan fingerprint density at radius 3 is 2.32 bits per heavy atom. The third-order valence-electron chi connectivity index (χ3n) is 5.20. The number of alkyl halides is 3. The average molecular weight is 433 g/mol. The Hall–Kier alpha value is -2.81. The molecule has 0 aromatic heterocycles. The molecule has 1 amide bonds. The van der Waals surface area contributed by atoms with E-state index in [0.29, 0.717) is 12.0 Å². The molecule has 0 aromatic rings. The highest BCUT2D eigenvalue weighted by Crippen LogP contribution is 2.33. The van der Waals surface area contributed by atoms with E-state index in [1.807, 2.05) is 13.8 Å². The molecule has 0 heterocycles. The molecule has 0 aliphatic heterocycles. The topological polar surface area (TPSA) is 44.1 Å². The molecule has 1 saturated carbocycles. The quantitative estimate of drug-likeness (QED) is 0.210. The summed E-state index contributed by atoms with van der Waals surface area (Å²) < 4.78 is 38.3. The number of carbonyl (C=O) groups is 1. The van der Waals surface area contributed by atoms with E-state index in [4.69, 9.17) is 5.26 Å². The second-order valence-corrected chi connectivity index (χ2v) is 7.59. The molecule has 1 aliphatic rings. The van der Waals surface area contributed by atoms with Crippen LogP contribution in [-0.4, -0.2) is 29.1 Å². The van der Waals surface area contributed by atoms with Crippen LogP contribution in [0, 0.1) is 17.2 Å². The first-order valence-corrected chi connectivity index (χ1v) is 10.4. The van der Waals surface area contributed by atoms with Crippen molar-refractivity contribution < 1.29 is 18.0 Å². The lowest BCUT2D eigenvalue weighted by atomic mass is 10.0. The van der Waals surface area contributed by atoms with Gasteiger partial charge < -0.3 is 4.90 Å². The lowest BCUT2D eigenvalue weighted by molar-refractivity contribution is -0.168. The molecule has 1 fully saturated rings. The maximum atomic E-state index is 13.3. The first-order chi connectivity index (χ1) is 14.6. The fourth-order valence-electron chi connectivity index (χ4n) is 2.99. The number of hydrogen-bond acceptors (Lipinski definition) is 2. The SMILES string of the molecule is C=C/C=C(\C=C/CC(C)C(F)(F)F)C(=O)N(C1CC1)[C@@H](C)/C(C=C)=C/C=C(/C#N)CC. The van der Waals surface area contributed by atoms with E-state index in [1.165, 1.54) is 24.3 Å². The molecule has 0 spiro atoms. The molecule has 0 saturated heterocycles. The van der Waals surface area contributed by atoms with Gasteiger partial charge in [-0.05, 0) is 44.3 Å². The predicted octanol–water partition coefficient (Wildman–Crippen LogP) is 6.60. The van der Waals surface area contributed by atoms with Crippen LogP contribution in [0.25, 0.3) is 0 Å². The summed E-state index contributed by atoms with van der Waals surface area (Å²) in [5.41, 5.74) is 1.69. The van der Waals surface area contributed by atoms with Gasteiger partial charge in [0.2, 0.25) is 0 Å². The van der Waals surface area contributed by atoms with Gasteiger partial charge in [-0.25, -0.2) is 0 Å². The third-order valence-corrected chi connectivity index (χ3v) is 5.20. The van der Waals surface area contributed by atoms with Crippen molar-refractivity contribution in [2.24, 2.45) is 5.92 Å². The van der Waals surface area contributed by atoms with Crippen molar-refractivity contribution in [1.29, 1.82) is 5.26 Å². The highest BCUT2D eigenvalue weighted by Gasteiger charge is 2.37. The Bertz CT molecular complexity index is 821. The summed E-state index contributed by atoms with van der Waals surface area (Å²) in [7, 11) is 0. The first-order valence-electron chi connectivity index (χ1n) is 10.4. The first kappa shape index (κ1) is 26.2. The normalized spacial score (nSPS) is 17.8. The van der Waals surface area contributed by atoms with Crippen LogP contribution in [0.4, 0.5) is 13.2 Å². The molecule has 1 aliphatic carbocycles. The summed E-state index contributed by atoms with van der Waals surface area (Å²) in [6.45, 7) is 12.3. The Kier molecular flexibility index (Phi) is 10.3. The van der Waals surface area contributed by atoms with E-state index in [9.17, 15) is 18.0 Å². The maximum Gasteiger partial charge on any atom is 0.391 e. The molecule has 0 radical (unpaired) electrons. The van der Waals surface area contributed by atoms with Crippen LogP contribution >= 0.6 is 0 Å². The minimum absolute atomic E-state index is 0.0622. The van der Waals surface area contributed by atoms with Crippen LogP contribution in [-0.2, 0) is 4.79 Å². The van der Waals surface area contributed by atoms with Crippen molar-refractivity contribution in [2.45, 2.75) is 64.7 Å². The molecular weight excluding hydrogens is 401 g/mol. The van der Waals surface area contributed by atoms with Gasteiger partial charge in [-0.2, -0.15) is 18.4 Å². The van der Waals surface area contributed by atoms with E-state index >= 15 is 0 Å². The lowest BCUT2D eigenvalue weighted by Gasteiger charge is -2.31. The van der Waals surface area contributed by atoms with Gasteiger partial charge in [-0.15, -0.1) is 0 Å². The molecule has 6 heteroatoms. The van der Waals surface area contributed by atoms with Gasteiger partial charge in [0, 0.05) is 17.2 Å². The molecule has 1 rings (SSSR count). The van der Waals surface area contributed by atoms with Crippen LogP contribution < -0.4 is 0 Å². The van der Waals surface area contributed by atoms with Crippen molar-refractivity contribution in [1.82, 2.24) is 4.90 Å². The van der Waals surface area contributed by atoms with Crippen LogP contribution in [0.15, 0.2) is 72.4 Å². The molecule has 2 atom stereocenters. The summed E-state index contributed by atoms with van der Waals surface area (Å²) in [4.78, 5) is 15.0. The van der Waals surface area contributed by atoms with E-state index in [0.717, 1.165) is 25.3 Å². The fourth-order valence-corrected chi connectivity index (χ4v) is 2.99. The van der Waals surface area contributed by atoms with E-state index in [-0.39, 0.29) is 30.0 Å². The molecule has 31 heavy (non-hydrogen) atoms. The number of nitriles is 1. The van der Waals surface area contributed by atoms with Gasteiger partial charge >= 0.3 is 6.18 Å². The number of carbonyl (C=O) groups excluding carboxylic acids is 1. The van der Waals surface area contributed by atoms with Crippen LogP contribution in [0.2, 0.25) is 0 Å². The summed E-state index contributed by atoms with van der Waals surface area (Å²) in [5, 5.41) is 9.12. The lowest BCUT2D eigenvalue weighted by Crippen LogP contribution is -2.41. The van der Waals surface area contributed by atoms with Crippen LogP contribution in [0.3, 0.4) is 0 Å². The Morgan fingerprint density at radius 1 is 1.23 bits per heavy atom. The Balaban J connectivity index is 3.15.